The van der Waals surface area contributed by atoms with E-state index < -0.39 is 15.9 Å². The Bertz CT molecular complexity index is 713. The molecule has 1 saturated heterocycles. The van der Waals surface area contributed by atoms with Gasteiger partial charge >= 0.3 is 0 Å². The zero-order valence-electron chi connectivity index (χ0n) is 15.0. The van der Waals surface area contributed by atoms with Crippen LogP contribution in [0.2, 0.25) is 0 Å². The van der Waals surface area contributed by atoms with Crippen LogP contribution in [0.25, 0.3) is 0 Å². The maximum atomic E-state index is 13.0. The minimum Gasteiger partial charge on any atom is -0.379 e. The highest BCUT2D eigenvalue weighted by Crippen LogP contribution is 2.44. The summed E-state index contributed by atoms with van der Waals surface area (Å²) in [6, 6.07) is 7.36. The van der Waals surface area contributed by atoms with Gasteiger partial charge in [-0.25, -0.2) is 17.2 Å². The maximum absolute atomic E-state index is 13.0. The standard InChI is InChI=1S/C18H26F2N2O3S/c1-14(17-10-18(19,20)11-17)21-12-15-4-2-3-5-16(15)13-26(23,24)22-6-8-25-9-7-22/h2-5,14,17,21H,6-13H2,1H3. The quantitative estimate of drug-likeness (QED) is 0.779. The number of ether oxygens (including phenoxy) is 1. The van der Waals surface area contributed by atoms with Crippen molar-refractivity contribution >= 4 is 10.0 Å². The molecule has 1 aliphatic heterocycles. The summed E-state index contributed by atoms with van der Waals surface area (Å²) in [7, 11) is -3.40. The largest absolute Gasteiger partial charge is 0.379 e. The second-order valence-electron chi connectivity index (χ2n) is 7.23. The third kappa shape index (κ3) is 4.79. The number of halogens is 2. The van der Waals surface area contributed by atoms with Gasteiger partial charge in [0, 0.05) is 38.5 Å². The third-order valence-electron chi connectivity index (χ3n) is 5.26. The average molecular weight is 388 g/mol. The molecule has 5 nitrogen and oxygen atoms in total. The number of benzene rings is 1. The molecule has 1 aliphatic carbocycles. The molecule has 1 heterocycles. The molecule has 2 fully saturated rings. The van der Waals surface area contributed by atoms with Gasteiger partial charge in [0.1, 0.15) is 0 Å². The molecule has 3 rings (SSSR count). The second kappa shape index (κ2) is 7.88. The fraction of sp³-hybridized carbons (Fsp3) is 0.667. The summed E-state index contributed by atoms with van der Waals surface area (Å²) < 4.78 is 58.0. The van der Waals surface area contributed by atoms with E-state index in [9.17, 15) is 17.2 Å². The molecule has 1 aromatic rings. The lowest BCUT2D eigenvalue weighted by Crippen LogP contribution is -2.46. The molecule has 0 spiro atoms. The van der Waals surface area contributed by atoms with Gasteiger partial charge in [-0.1, -0.05) is 24.3 Å². The zero-order chi connectivity index (χ0) is 18.8. The van der Waals surface area contributed by atoms with Gasteiger partial charge < -0.3 is 10.1 Å². The van der Waals surface area contributed by atoms with Gasteiger partial charge in [0.2, 0.25) is 15.9 Å². The van der Waals surface area contributed by atoms with Crippen molar-refractivity contribution in [3.8, 4) is 0 Å². The normalized spacial score (nSPS) is 22.7. The van der Waals surface area contributed by atoms with Crippen molar-refractivity contribution in [2.24, 2.45) is 5.92 Å². The molecule has 2 aliphatic rings. The van der Waals surface area contributed by atoms with Crippen molar-refractivity contribution in [2.75, 3.05) is 26.3 Å². The summed E-state index contributed by atoms with van der Waals surface area (Å²) in [5.41, 5.74) is 1.64. The Morgan fingerprint density at radius 3 is 2.46 bits per heavy atom. The SMILES string of the molecule is CC(NCc1ccccc1CS(=O)(=O)N1CCOCC1)C1CC(F)(F)C1. The number of nitrogens with zero attached hydrogens (tertiary/aromatic N) is 1. The number of alkyl halides is 2. The van der Waals surface area contributed by atoms with Crippen LogP contribution < -0.4 is 5.32 Å². The Hall–Kier alpha value is -1.09. The van der Waals surface area contributed by atoms with Crippen LogP contribution in [0.5, 0.6) is 0 Å². The molecular formula is C18H26F2N2O3S. The van der Waals surface area contributed by atoms with E-state index in [1.807, 2.05) is 31.2 Å². The monoisotopic (exact) mass is 388 g/mol. The third-order valence-corrected chi connectivity index (χ3v) is 7.09. The van der Waals surface area contributed by atoms with E-state index in [1.165, 1.54) is 4.31 Å². The summed E-state index contributed by atoms with van der Waals surface area (Å²) in [5, 5.41) is 3.28. The van der Waals surface area contributed by atoms with E-state index in [2.05, 4.69) is 5.32 Å². The maximum Gasteiger partial charge on any atom is 0.248 e. The van der Waals surface area contributed by atoms with Crippen molar-refractivity contribution < 1.29 is 21.9 Å². The minimum absolute atomic E-state index is 0.0291. The lowest BCUT2D eigenvalue weighted by atomic mass is 9.77. The topological polar surface area (TPSA) is 58.6 Å². The van der Waals surface area contributed by atoms with Crippen LogP contribution in [0.4, 0.5) is 8.78 Å². The number of hydrogen-bond donors (Lipinski definition) is 1. The van der Waals surface area contributed by atoms with Crippen LogP contribution in [-0.2, 0) is 27.1 Å². The summed E-state index contributed by atoms with van der Waals surface area (Å²) in [6.45, 7) is 3.99. The van der Waals surface area contributed by atoms with E-state index >= 15 is 0 Å². The Kier molecular flexibility index (Phi) is 5.96. The number of nitrogens with one attached hydrogen (secondary N) is 1. The molecule has 0 aromatic heterocycles. The zero-order valence-corrected chi connectivity index (χ0v) is 15.8. The van der Waals surface area contributed by atoms with Crippen LogP contribution >= 0.6 is 0 Å². The molecule has 1 aromatic carbocycles. The highest BCUT2D eigenvalue weighted by molar-refractivity contribution is 7.88. The highest BCUT2D eigenvalue weighted by atomic mass is 32.2. The summed E-state index contributed by atoms with van der Waals surface area (Å²) in [6.07, 6.45) is -0.150. The summed E-state index contributed by atoms with van der Waals surface area (Å²) in [4.78, 5) is 0. The molecule has 146 valence electrons. The fourth-order valence-electron chi connectivity index (χ4n) is 3.48. The lowest BCUT2D eigenvalue weighted by Gasteiger charge is -2.39. The van der Waals surface area contributed by atoms with Crippen LogP contribution in [0.1, 0.15) is 30.9 Å². The highest BCUT2D eigenvalue weighted by Gasteiger charge is 2.47. The van der Waals surface area contributed by atoms with Crippen molar-refractivity contribution in [2.45, 2.75) is 44.0 Å². The first kappa shape index (κ1) is 19.7. The van der Waals surface area contributed by atoms with Crippen LogP contribution in [-0.4, -0.2) is 51.0 Å². The van der Waals surface area contributed by atoms with Crippen molar-refractivity contribution in [3.63, 3.8) is 0 Å². The molecule has 1 saturated carbocycles. The summed E-state index contributed by atoms with van der Waals surface area (Å²) >= 11 is 0. The van der Waals surface area contributed by atoms with E-state index in [4.69, 9.17) is 4.74 Å². The van der Waals surface area contributed by atoms with Crippen LogP contribution in [0.3, 0.4) is 0 Å². The van der Waals surface area contributed by atoms with Crippen molar-refractivity contribution in [1.82, 2.24) is 9.62 Å². The predicted molar refractivity (Wildman–Crippen MR) is 95.4 cm³/mol. The fourth-order valence-corrected chi connectivity index (χ4v) is 5.04. The van der Waals surface area contributed by atoms with Gasteiger partial charge in [0.25, 0.3) is 0 Å². The molecule has 0 radical (unpaired) electrons. The minimum atomic E-state index is -3.40. The Morgan fingerprint density at radius 2 is 1.85 bits per heavy atom. The predicted octanol–water partition coefficient (Wildman–Crippen LogP) is 2.37. The van der Waals surface area contributed by atoms with E-state index in [-0.39, 0.29) is 30.6 Å². The molecule has 8 heteroatoms. The Morgan fingerprint density at radius 1 is 1.23 bits per heavy atom. The number of rotatable bonds is 7. The average Bonchev–Trinajstić information content (AvgIpc) is 2.59. The molecule has 1 N–H and O–H groups in total. The van der Waals surface area contributed by atoms with Gasteiger partial charge in [-0.3, -0.25) is 0 Å². The second-order valence-corrected chi connectivity index (χ2v) is 9.20. The Labute approximate surface area is 153 Å². The first-order valence-corrected chi connectivity index (χ1v) is 10.6. The van der Waals surface area contributed by atoms with E-state index in [1.54, 1.807) is 0 Å². The van der Waals surface area contributed by atoms with Crippen LogP contribution in [0.15, 0.2) is 24.3 Å². The Balaban J connectivity index is 1.61. The van der Waals surface area contributed by atoms with Crippen LogP contribution in [0, 0.1) is 5.92 Å². The molecular weight excluding hydrogens is 362 g/mol. The lowest BCUT2D eigenvalue weighted by molar-refractivity contribution is -0.117. The van der Waals surface area contributed by atoms with Gasteiger partial charge in [-0.05, 0) is 24.0 Å². The van der Waals surface area contributed by atoms with E-state index in [0.29, 0.717) is 32.8 Å². The van der Waals surface area contributed by atoms with Gasteiger partial charge in [0.15, 0.2) is 0 Å². The molecule has 1 atom stereocenters. The van der Waals surface area contributed by atoms with Crippen molar-refractivity contribution in [3.05, 3.63) is 35.4 Å². The summed E-state index contributed by atoms with van der Waals surface area (Å²) in [5.74, 6) is -2.61. The number of morpholine rings is 1. The first-order chi connectivity index (χ1) is 12.3. The smallest absolute Gasteiger partial charge is 0.248 e. The molecule has 26 heavy (non-hydrogen) atoms. The molecule has 1 unspecified atom stereocenters. The number of hydrogen-bond acceptors (Lipinski definition) is 4. The van der Waals surface area contributed by atoms with Crippen molar-refractivity contribution in [1.29, 1.82) is 0 Å². The first-order valence-electron chi connectivity index (χ1n) is 9.00. The molecule has 0 bridgehead atoms. The number of sulfonamides is 1. The van der Waals surface area contributed by atoms with E-state index in [0.717, 1.165) is 11.1 Å². The van der Waals surface area contributed by atoms with Gasteiger partial charge in [0.05, 0.1) is 19.0 Å². The van der Waals surface area contributed by atoms with Gasteiger partial charge in [-0.2, -0.15) is 4.31 Å². The molecule has 0 amide bonds. The van der Waals surface area contributed by atoms with Gasteiger partial charge in [-0.15, -0.1) is 0 Å².